The molecule has 1 amide bonds. The van der Waals surface area contributed by atoms with Crippen LogP contribution in [-0.4, -0.2) is 59.2 Å². The van der Waals surface area contributed by atoms with Crippen LogP contribution in [0.4, 0.5) is 5.69 Å². The van der Waals surface area contributed by atoms with Crippen LogP contribution in [0.3, 0.4) is 0 Å². The van der Waals surface area contributed by atoms with Gasteiger partial charge in [-0.15, -0.1) is 0 Å². The van der Waals surface area contributed by atoms with Crippen molar-refractivity contribution in [2.45, 2.75) is 37.6 Å². The van der Waals surface area contributed by atoms with Crippen LogP contribution in [0.5, 0.6) is 0 Å². The Kier molecular flexibility index (Phi) is 6.40. The van der Waals surface area contributed by atoms with Crippen molar-refractivity contribution in [3.05, 3.63) is 76.0 Å². The zero-order chi connectivity index (χ0) is 25.4. The topological polar surface area (TPSA) is 106 Å². The van der Waals surface area contributed by atoms with E-state index in [2.05, 4.69) is 10.6 Å². The van der Waals surface area contributed by atoms with Crippen molar-refractivity contribution in [3.8, 4) is 0 Å². The first kappa shape index (κ1) is 24.2. The number of likely N-dealkylation sites (tertiary alicyclic amines) is 1. The summed E-state index contributed by atoms with van der Waals surface area (Å²) in [5, 5.41) is 12.0. The van der Waals surface area contributed by atoms with Crippen molar-refractivity contribution in [2.75, 3.05) is 26.2 Å². The van der Waals surface area contributed by atoms with Crippen LogP contribution in [0.1, 0.15) is 30.5 Å². The molecule has 0 unspecified atom stereocenters. The normalized spacial score (nSPS) is 16.9. The number of rotatable bonds is 6. The molecule has 0 radical (unpaired) electrons. The van der Waals surface area contributed by atoms with Gasteiger partial charge in [0.1, 0.15) is 6.54 Å². The highest BCUT2D eigenvalue weighted by Crippen LogP contribution is 2.35. The maximum atomic E-state index is 13.1. The molecule has 10 heteroatoms. The lowest BCUT2D eigenvalue weighted by Crippen LogP contribution is -2.34. The highest BCUT2D eigenvalue weighted by molar-refractivity contribution is 7.89. The maximum Gasteiger partial charge on any atom is 0.269 e. The van der Waals surface area contributed by atoms with E-state index in [0.29, 0.717) is 19.5 Å². The fourth-order valence-corrected chi connectivity index (χ4v) is 6.61. The van der Waals surface area contributed by atoms with Gasteiger partial charge in [-0.1, -0.05) is 24.3 Å². The van der Waals surface area contributed by atoms with Gasteiger partial charge in [0.2, 0.25) is 15.9 Å². The number of nitro benzene ring substituents is 1. The molecule has 3 heterocycles. The van der Waals surface area contributed by atoms with Crippen molar-refractivity contribution in [3.63, 3.8) is 0 Å². The molecule has 1 fully saturated rings. The van der Waals surface area contributed by atoms with Gasteiger partial charge in [0.05, 0.1) is 9.82 Å². The molecule has 36 heavy (non-hydrogen) atoms. The van der Waals surface area contributed by atoms with Crippen LogP contribution in [0.2, 0.25) is 0 Å². The van der Waals surface area contributed by atoms with Gasteiger partial charge in [-0.05, 0) is 50.0 Å². The third-order valence-corrected chi connectivity index (χ3v) is 9.04. The number of carbonyl (C=O) groups is 1. The van der Waals surface area contributed by atoms with Crippen molar-refractivity contribution in [1.82, 2.24) is 13.8 Å². The third-order valence-electron chi connectivity index (χ3n) is 7.16. The van der Waals surface area contributed by atoms with E-state index in [1.807, 2.05) is 36.1 Å². The molecule has 0 N–H and O–H groups in total. The molecule has 0 spiro atoms. The van der Waals surface area contributed by atoms with E-state index in [-0.39, 0.29) is 23.0 Å². The number of benzene rings is 2. The zero-order valence-corrected chi connectivity index (χ0v) is 20.9. The molecule has 5 rings (SSSR count). The van der Waals surface area contributed by atoms with Gasteiger partial charge in [-0.3, -0.25) is 14.9 Å². The summed E-state index contributed by atoms with van der Waals surface area (Å²) in [5.41, 5.74) is 3.98. The lowest BCUT2D eigenvalue weighted by molar-refractivity contribution is -0.384. The van der Waals surface area contributed by atoms with E-state index in [9.17, 15) is 23.3 Å². The summed E-state index contributed by atoms with van der Waals surface area (Å²) in [6.45, 7) is 4.45. The van der Waals surface area contributed by atoms with Crippen LogP contribution in [0.25, 0.3) is 16.5 Å². The minimum absolute atomic E-state index is 0.0400. The highest BCUT2D eigenvalue weighted by Gasteiger charge is 2.29. The van der Waals surface area contributed by atoms with E-state index in [1.54, 1.807) is 0 Å². The molecule has 0 atom stereocenters. The fraction of sp³-hybridized carbons (Fsp3) is 0.346. The summed E-state index contributed by atoms with van der Waals surface area (Å²) < 4.78 is 29.7. The van der Waals surface area contributed by atoms with E-state index >= 15 is 0 Å². The van der Waals surface area contributed by atoms with E-state index in [4.69, 9.17) is 0 Å². The molecule has 2 aliphatic rings. The predicted molar refractivity (Wildman–Crippen MR) is 137 cm³/mol. The molecule has 9 nitrogen and oxygen atoms in total. The molecule has 0 bridgehead atoms. The van der Waals surface area contributed by atoms with Crippen LogP contribution in [0, 0.1) is 17.0 Å². The molecule has 0 saturated carbocycles. The number of amides is 1. The molecular formula is C26H28N4O5S. The number of sulfonamides is 1. The van der Waals surface area contributed by atoms with E-state index in [0.717, 1.165) is 53.7 Å². The Morgan fingerprint density at radius 3 is 2.36 bits per heavy atom. The van der Waals surface area contributed by atoms with Gasteiger partial charge in [-0.2, -0.15) is 4.31 Å². The first-order valence-electron chi connectivity index (χ1n) is 12.1. The number of para-hydroxylation sites is 1. The van der Waals surface area contributed by atoms with E-state index in [1.165, 1.54) is 28.6 Å². The van der Waals surface area contributed by atoms with Crippen LogP contribution in [0.15, 0.2) is 59.5 Å². The first-order valence-corrected chi connectivity index (χ1v) is 13.5. The van der Waals surface area contributed by atoms with Crippen molar-refractivity contribution in [1.29, 1.82) is 0 Å². The number of nitrogens with zero attached hydrogens (tertiary/aromatic N) is 4. The minimum atomic E-state index is -3.77. The molecule has 0 aliphatic carbocycles. The second kappa shape index (κ2) is 9.51. The summed E-state index contributed by atoms with van der Waals surface area (Å²) in [7, 11) is -3.77. The van der Waals surface area contributed by atoms with Crippen molar-refractivity contribution < 1.29 is 18.1 Å². The zero-order valence-electron chi connectivity index (χ0n) is 20.1. The average molecular weight is 509 g/mol. The Morgan fingerprint density at radius 2 is 1.72 bits per heavy atom. The number of aromatic nitrogens is 1. The second-order valence-electron chi connectivity index (χ2n) is 9.25. The van der Waals surface area contributed by atoms with Gasteiger partial charge in [0.25, 0.3) is 5.69 Å². The summed E-state index contributed by atoms with van der Waals surface area (Å²) in [6.07, 6.45) is 4.57. The van der Waals surface area contributed by atoms with Crippen molar-refractivity contribution in [2.24, 2.45) is 0 Å². The van der Waals surface area contributed by atoms with Crippen molar-refractivity contribution >= 4 is 38.1 Å². The number of hydrogen-bond acceptors (Lipinski definition) is 5. The maximum absolute atomic E-state index is 13.1. The Hall–Kier alpha value is -3.50. The Morgan fingerprint density at radius 1 is 1.03 bits per heavy atom. The first-order chi connectivity index (χ1) is 17.3. The second-order valence-corrected chi connectivity index (χ2v) is 11.2. The van der Waals surface area contributed by atoms with Crippen LogP contribution >= 0.6 is 0 Å². The Balaban J connectivity index is 1.42. The molecule has 188 valence electrons. The molecule has 1 aromatic heterocycles. The summed E-state index contributed by atoms with van der Waals surface area (Å²) in [6, 6.07) is 13.0. The standard InChI is InChI=1S/C26H28N4O5S/c1-19-26(23-6-2-3-7-24(23)29(19)18-25(31)27-14-4-5-15-27)20-12-16-28(17-13-20)36(34,35)22-10-8-21(9-11-22)30(32)33/h2-3,6-12H,4-5,13-18H2,1H3. The predicted octanol–water partition coefficient (Wildman–Crippen LogP) is 3.96. The number of hydrogen-bond donors (Lipinski definition) is 0. The van der Waals surface area contributed by atoms with Gasteiger partial charge < -0.3 is 9.47 Å². The number of nitro groups is 1. The molecular weight excluding hydrogens is 480 g/mol. The van der Waals surface area contributed by atoms with Crippen LogP contribution in [-0.2, 0) is 21.4 Å². The minimum Gasteiger partial charge on any atom is -0.341 e. The van der Waals surface area contributed by atoms with Gasteiger partial charge in [0, 0.05) is 60.5 Å². The van der Waals surface area contributed by atoms with Gasteiger partial charge in [-0.25, -0.2) is 8.42 Å². The molecule has 3 aromatic rings. The molecule has 1 saturated heterocycles. The quantitative estimate of drug-likeness (QED) is 0.370. The van der Waals surface area contributed by atoms with Crippen LogP contribution < -0.4 is 0 Å². The molecule has 2 aliphatic heterocycles. The average Bonchev–Trinajstić information content (AvgIpc) is 3.52. The lowest BCUT2D eigenvalue weighted by atomic mass is 9.97. The Bertz CT molecular complexity index is 1470. The summed E-state index contributed by atoms with van der Waals surface area (Å²) in [4.78, 5) is 25.2. The lowest BCUT2D eigenvalue weighted by Gasteiger charge is -2.26. The number of fused-ring (bicyclic) bond motifs is 1. The SMILES string of the molecule is Cc1c(C2=CCN(S(=O)(=O)c3ccc([N+](=O)[O-])cc3)CC2)c2ccccc2n1CC(=O)N1CCCC1. The largest absolute Gasteiger partial charge is 0.341 e. The Labute approximate surface area is 209 Å². The van der Waals surface area contributed by atoms with Gasteiger partial charge in [0.15, 0.2) is 0 Å². The monoisotopic (exact) mass is 508 g/mol. The fourth-order valence-electron chi connectivity index (χ4n) is 5.23. The molecule has 2 aromatic carbocycles. The number of carbonyl (C=O) groups excluding carboxylic acids is 1. The third kappa shape index (κ3) is 4.31. The smallest absolute Gasteiger partial charge is 0.269 e. The number of non-ortho nitro benzene ring substituents is 1. The van der Waals surface area contributed by atoms with E-state index < -0.39 is 14.9 Å². The highest BCUT2D eigenvalue weighted by atomic mass is 32.2. The summed E-state index contributed by atoms with van der Waals surface area (Å²) in [5.74, 6) is 0.126. The summed E-state index contributed by atoms with van der Waals surface area (Å²) >= 11 is 0. The van der Waals surface area contributed by atoms with Gasteiger partial charge >= 0.3 is 0 Å².